The second kappa shape index (κ2) is 6.86. The standard InChI is InChI=1S/C12H14ClNO4/c1-2-18-10-4-3-8(13)7-9(10)14-11(15)5-6-12(16)17/h3-4,7H,2,5-6H2,1H3,(H,14,15)(H,16,17). The van der Waals surface area contributed by atoms with E-state index in [1.807, 2.05) is 6.92 Å². The van der Waals surface area contributed by atoms with Gasteiger partial charge in [0.05, 0.1) is 18.7 Å². The number of carbonyl (C=O) groups is 2. The van der Waals surface area contributed by atoms with Gasteiger partial charge in [-0.25, -0.2) is 0 Å². The average Bonchev–Trinajstić information content (AvgIpc) is 2.30. The van der Waals surface area contributed by atoms with Crippen molar-refractivity contribution in [1.82, 2.24) is 0 Å². The van der Waals surface area contributed by atoms with Crippen molar-refractivity contribution in [1.29, 1.82) is 0 Å². The molecule has 0 aliphatic heterocycles. The van der Waals surface area contributed by atoms with Gasteiger partial charge in [-0.05, 0) is 25.1 Å². The van der Waals surface area contributed by atoms with Gasteiger partial charge in [-0.2, -0.15) is 0 Å². The van der Waals surface area contributed by atoms with Crippen LogP contribution in [0.25, 0.3) is 0 Å². The topological polar surface area (TPSA) is 75.6 Å². The normalized spacial score (nSPS) is 9.89. The third-order valence-corrected chi connectivity index (χ3v) is 2.32. The number of aliphatic carboxylic acids is 1. The number of halogens is 1. The fraction of sp³-hybridized carbons (Fsp3) is 0.333. The van der Waals surface area contributed by atoms with E-state index in [2.05, 4.69) is 5.32 Å². The maximum atomic E-state index is 11.5. The van der Waals surface area contributed by atoms with Crippen LogP contribution in [0.5, 0.6) is 5.75 Å². The van der Waals surface area contributed by atoms with Gasteiger partial charge in [0, 0.05) is 11.4 Å². The van der Waals surface area contributed by atoms with E-state index in [1.165, 1.54) is 0 Å². The van der Waals surface area contributed by atoms with Crippen molar-refractivity contribution < 1.29 is 19.4 Å². The fourth-order valence-corrected chi connectivity index (χ4v) is 1.49. The number of benzene rings is 1. The van der Waals surface area contributed by atoms with Crippen molar-refractivity contribution in [2.24, 2.45) is 0 Å². The minimum Gasteiger partial charge on any atom is -0.492 e. The molecule has 0 atom stereocenters. The smallest absolute Gasteiger partial charge is 0.303 e. The summed E-state index contributed by atoms with van der Waals surface area (Å²) in [5.74, 6) is -0.896. The molecule has 0 unspecified atom stereocenters. The van der Waals surface area contributed by atoms with Crippen LogP contribution in [0.2, 0.25) is 5.02 Å². The first-order chi connectivity index (χ1) is 8.52. The van der Waals surface area contributed by atoms with E-state index in [-0.39, 0.29) is 18.7 Å². The molecule has 0 aromatic heterocycles. The Bertz CT molecular complexity index is 448. The first-order valence-corrected chi connectivity index (χ1v) is 5.84. The Kier molecular flexibility index (Phi) is 5.45. The van der Waals surface area contributed by atoms with Crippen molar-refractivity contribution >= 4 is 29.2 Å². The second-order valence-electron chi connectivity index (χ2n) is 3.52. The number of anilines is 1. The molecular formula is C12H14ClNO4. The summed E-state index contributed by atoms with van der Waals surface area (Å²) in [6.45, 7) is 2.28. The zero-order valence-corrected chi connectivity index (χ0v) is 10.7. The second-order valence-corrected chi connectivity index (χ2v) is 3.95. The number of hydrogen-bond donors (Lipinski definition) is 2. The molecular weight excluding hydrogens is 258 g/mol. The summed E-state index contributed by atoms with van der Waals surface area (Å²) in [4.78, 5) is 21.9. The fourth-order valence-electron chi connectivity index (χ4n) is 1.31. The van der Waals surface area contributed by atoms with Crippen LogP contribution in [0, 0.1) is 0 Å². The minimum absolute atomic E-state index is 0.0899. The molecule has 0 bridgehead atoms. The van der Waals surface area contributed by atoms with Gasteiger partial charge >= 0.3 is 5.97 Å². The van der Waals surface area contributed by atoms with Gasteiger partial charge in [0.1, 0.15) is 5.75 Å². The molecule has 1 aromatic carbocycles. The highest BCUT2D eigenvalue weighted by Gasteiger charge is 2.10. The highest BCUT2D eigenvalue weighted by molar-refractivity contribution is 6.31. The first kappa shape index (κ1) is 14.3. The zero-order valence-electron chi connectivity index (χ0n) is 9.90. The van der Waals surface area contributed by atoms with Crippen molar-refractivity contribution in [2.45, 2.75) is 19.8 Å². The Labute approximate surface area is 110 Å². The van der Waals surface area contributed by atoms with Crippen molar-refractivity contribution in [3.63, 3.8) is 0 Å². The number of carbonyl (C=O) groups excluding carboxylic acids is 1. The van der Waals surface area contributed by atoms with E-state index in [1.54, 1.807) is 18.2 Å². The third-order valence-electron chi connectivity index (χ3n) is 2.08. The summed E-state index contributed by atoms with van der Waals surface area (Å²) in [5.41, 5.74) is 0.444. The number of rotatable bonds is 6. The Morgan fingerprint density at radius 1 is 1.39 bits per heavy atom. The van der Waals surface area contributed by atoms with Crippen LogP contribution in [0.1, 0.15) is 19.8 Å². The number of hydrogen-bond acceptors (Lipinski definition) is 3. The minimum atomic E-state index is -1.01. The Morgan fingerprint density at radius 2 is 2.11 bits per heavy atom. The summed E-state index contributed by atoms with van der Waals surface area (Å²) >= 11 is 5.83. The molecule has 0 aliphatic carbocycles. The Hall–Kier alpha value is -1.75. The van der Waals surface area contributed by atoms with Crippen LogP contribution in [-0.4, -0.2) is 23.6 Å². The molecule has 1 amide bonds. The lowest BCUT2D eigenvalue weighted by atomic mass is 10.2. The van der Waals surface area contributed by atoms with Crippen LogP contribution >= 0.6 is 11.6 Å². The van der Waals surface area contributed by atoms with Crippen LogP contribution < -0.4 is 10.1 Å². The highest BCUT2D eigenvalue weighted by atomic mass is 35.5. The van der Waals surface area contributed by atoms with E-state index in [0.29, 0.717) is 23.1 Å². The summed E-state index contributed by atoms with van der Waals surface area (Å²) < 4.78 is 5.33. The predicted molar refractivity (Wildman–Crippen MR) is 68.1 cm³/mol. The van der Waals surface area contributed by atoms with Crippen molar-refractivity contribution in [2.75, 3.05) is 11.9 Å². The number of carboxylic acids is 1. The van der Waals surface area contributed by atoms with Gasteiger partial charge in [0.15, 0.2) is 0 Å². The van der Waals surface area contributed by atoms with Gasteiger partial charge < -0.3 is 15.2 Å². The molecule has 1 rings (SSSR count). The average molecular weight is 272 g/mol. The number of nitrogens with one attached hydrogen (secondary N) is 1. The molecule has 2 N–H and O–H groups in total. The SMILES string of the molecule is CCOc1ccc(Cl)cc1NC(=O)CCC(=O)O. The molecule has 0 fully saturated rings. The largest absolute Gasteiger partial charge is 0.492 e. The quantitative estimate of drug-likeness (QED) is 0.834. The van der Waals surface area contributed by atoms with Gasteiger partial charge in [-0.3, -0.25) is 9.59 Å². The van der Waals surface area contributed by atoms with Crippen molar-refractivity contribution in [3.8, 4) is 5.75 Å². The van der Waals surface area contributed by atoms with E-state index in [4.69, 9.17) is 21.4 Å². The zero-order chi connectivity index (χ0) is 13.5. The van der Waals surface area contributed by atoms with E-state index < -0.39 is 5.97 Å². The summed E-state index contributed by atoms with van der Waals surface area (Å²) in [7, 11) is 0. The molecule has 0 heterocycles. The maximum absolute atomic E-state index is 11.5. The molecule has 0 aliphatic rings. The number of carboxylic acid groups (broad SMARTS) is 1. The van der Waals surface area contributed by atoms with E-state index in [0.717, 1.165) is 0 Å². The molecule has 0 saturated heterocycles. The summed E-state index contributed by atoms with van der Waals surface area (Å²) in [6, 6.07) is 4.86. The molecule has 0 radical (unpaired) electrons. The Balaban J connectivity index is 2.72. The van der Waals surface area contributed by atoms with Gasteiger partial charge in [0.25, 0.3) is 0 Å². The van der Waals surface area contributed by atoms with E-state index >= 15 is 0 Å². The number of amides is 1. The molecule has 6 heteroatoms. The lowest BCUT2D eigenvalue weighted by Crippen LogP contribution is -2.14. The van der Waals surface area contributed by atoms with Gasteiger partial charge in [-0.1, -0.05) is 11.6 Å². The highest BCUT2D eigenvalue weighted by Crippen LogP contribution is 2.28. The molecule has 18 heavy (non-hydrogen) atoms. The lowest BCUT2D eigenvalue weighted by molar-refractivity contribution is -0.138. The molecule has 5 nitrogen and oxygen atoms in total. The van der Waals surface area contributed by atoms with Crippen LogP contribution in [0.3, 0.4) is 0 Å². The lowest BCUT2D eigenvalue weighted by Gasteiger charge is -2.11. The monoisotopic (exact) mass is 271 g/mol. The van der Waals surface area contributed by atoms with Gasteiger partial charge in [-0.15, -0.1) is 0 Å². The van der Waals surface area contributed by atoms with E-state index in [9.17, 15) is 9.59 Å². The van der Waals surface area contributed by atoms with Crippen molar-refractivity contribution in [3.05, 3.63) is 23.2 Å². The molecule has 0 saturated carbocycles. The summed E-state index contributed by atoms with van der Waals surface area (Å²) in [5, 5.41) is 11.5. The van der Waals surface area contributed by atoms with Crippen LogP contribution in [0.4, 0.5) is 5.69 Å². The van der Waals surface area contributed by atoms with Crippen LogP contribution in [0.15, 0.2) is 18.2 Å². The Morgan fingerprint density at radius 3 is 2.72 bits per heavy atom. The predicted octanol–water partition coefficient (Wildman–Crippen LogP) is 2.54. The maximum Gasteiger partial charge on any atom is 0.303 e. The van der Waals surface area contributed by atoms with Crippen LogP contribution in [-0.2, 0) is 9.59 Å². The number of ether oxygens (including phenoxy) is 1. The molecule has 0 spiro atoms. The molecule has 1 aromatic rings. The first-order valence-electron chi connectivity index (χ1n) is 5.47. The van der Waals surface area contributed by atoms with Gasteiger partial charge in [0.2, 0.25) is 5.91 Å². The summed E-state index contributed by atoms with van der Waals surface area (Å²) in [6.07, 6.45) is -0.302. The third kappa shape index (κ3) is 4.63. The molecule has 98 valence electrons.